The number of allylic oxidation sites excluding steroid dienone is 1. The molecule has 0 heterocycles. The summed E-state index contributed by atoms with van der Waals surface area (Å²) in [5.74, 6) is -0.248. The monoisotopic (exact) mass is 185 g/mol. The molecule has 0 N–H and O–H groups in total. The molecular weight excluding hydrogens is 166 g/mol. The number of carbonyl (C=O) groups is 1. The fraction of sp³-hybridized carbons (Fsp3) is 0.700. The molecule has 0 spiro atoms. The van der Waals surface area contributed by atoms with E-state index < -0.39 is 0 Å². The molecule has 0 saturated heterocycles. The van der Waals surface area contributed by atoms with Crippen LogP contribution in [0.4, 0.5) is 0 Å². The quantitative estimate of drug-likeness (QED) is 0.356. The first-order chi connectivity index (χ1) is 6.20. The van der Waals surface area contributed by atoms with Crippen LogP contribution < -0.4 is 0 Å². The normalized spacial score (nSPS) is 11.1. The van der Waals surface area contributed by atoms with Gasteiger partial charge < -0.3 is 9.64 Å². The number of carbonyl (C=O) groups excluding carboxylic acids is 1. The lowest BCUT2D eigenvalue weighted by atomic mass is 10.4. The SMILES string of the molecule is C/C=C/C(=O)OCCCN(C)CC. The van der Waals surface area contributed by atoms with Crippen molar-refractivity contribution in [3.8, 4) is 0 Å². The second-order valence-corrected chi connectivity index (χ2v) is 2.92. The van der Waals surface area contributed by atoms with E-state index in [-0.39, 0.29) is 5.97 Å². The largest absolute Gasteiger partial charge is 0.462 e. The topological polar surface area (TPSA) is 29.5 Å². The molecule has 0 radical (unpaired) electrons. The van der Waals surface area contributed by atoms with Crippen molar-refractivity contribution in [3.63, 3.8) is 0 Å². The molecule has 0 atom stereocenters. The summed E-state index contributed by atoms with van der Waals surface area (Å²) in [6.07, 6.45) is 4.01. The number of hydrogen-bond acceptors (Lipinski definition) is 3. The van der Waals surface area contributed by atoms with E-state index in [2.05, 4.69) is 11.8 Å². The lowest BCUT2D eigenvalue weighted by Crippen LogP contribution is -2.20. The molecular formula is C10H19NO2. The third-order valence-electron chi connectivity index (χ3n) is 1.77. The Morgan fingerprint density at radius 3 is 2.77 bits per heavy atom. The number of esters is 1. The van der Waals surface area contributed by atoms with Gasteiger partial charge in [0.2, 0.25) is 0 Å². The van der Waals surface area contributed by atoms with Gasteiger partial charge in [-0.3, -0.25) is 0 Å². The van der Waals surface area contributed by atoms with Gasteiger partial charge in [-0.2, -0.15) is 0 Å². The van der Waals surface area contributed by atoms with E-state index in [1.165, 1.54) is 6.08 Å². The van der Waals surface area contributed by atoms with Crippen molar-refractivity contribution in [1.29, 1.82) is 0 Å². The molecule has 0 amide bonds. The first kappa shape index (κ1) is 12.2. The van der Waals surface area contributed by atoms with Crippen molar-refractivity contribution in [2.75, 3.05) is 26.7 Å². The Morgan fingerprint density at radius 1 is 1.54 bits per heavy atom. The Bertz CT molecular complexity index is 166. The molecule has 0 aliphatic carbocycles. The lowest BCUT2D eigenvalue weighted by molar-refractivity contribution is -0.137. The molecule has 0 aromatic rings. The fourth-order valence-corrected chi connectivity index (χ4v) is 0.850. The lowest BCUT2D eigenvalue weighted by Gasteiger charge is -2.12. The van der Waals surface area contributed by atoms with Crippen LogP contribution in [0, 0.1) is 0 Å². The maximum atomic E-state index is 10.8. The number of nitrogens with zero attached hydrogens (tertiary/aromatic N) is 1. The Labute approximate surface area is 80.4 Å². The molecule has 0 saturated carbocycles. The Morgan fingerprint density at radius 2 is 2.23 bits per heavy atom. The van der Waals surface area contributed by atoms with Crippen molar-refractivity contribution in [1.82, 2.24) is 4.90 Å². The van der Waals surface area contributed by atoms with Gasteiger partial charge in [-0.15, -0.1) is 0 Å². The van der Waals surface area contributed by atoms with E-state index in [0.717, 1.165) is 19.5 Å². The van der Waals surface area contributed by atoms with Gasteiger partial charge in [0.1, 0.15) is 0 Å². The summed E-state index contributed by atoms with van der Waals surface area (Å²) in [6, 6.07) is 0. The van der Waals surface area contributed by atoms with Crippen LogP contribution in [-0.4, -0.2) is 37.6 Å². The number of rotatable bonds is 6. The minimum atomic E-state index is -0.248. The highest BCUT2D eigenvalue weighted by Gasteiger charge is 1.97. The Kier molecular flexibility index (Phi) is 7.30. The molecule has 3 nitrogen and oxygen atoms in total. The second kappa shape index (κ2) is 7.80. The zero-order chi connectivity index (χ0) is 10.1. The van der Waals surface area contributed by atoms with Crippen LogP contribution in [0.1, 0.15) is 20.3 Å². The summed E-state index contributed by atoms with van der Waals surface area (Å²) in [6.45, 7) is 6.41. The Balaban J connectivity index is 3.30. The Hall–Kier alpha value is -0.830. The first-order valence-electron chi connectivity index (χ1n) is 4.68. The van der Waals surface area contributed by atoms with E-state index in [0.29, 0.717) is 6.61 Å². The van der Waals surface area contributed by atoms with E-state index >= 15 is 0 Å². The summed E-state index contributed by atoms with van der Waals surface area (Å²) in [4.78, 5) is 13.0. The van der Waals surface area contributed by atoms with Crippen molar-refractivity contribution in [2.45, 2.75) is 20.3 Å². The first-order valence-corrected chi connectivity index (χ1v) is 4.68. The van der Waals surface area contributed by atoms with Crippen LogP contribution in [0.3, 0.4) is 0 Å². The van der Waals surface area contributed by atoms with E-state index in [1.807, 2.05) is 7.05 Å². The highest BCUT2D eigenvalue weighted by atomic mass is 16.5. The van der Waals surface area contributed by atoms with Crippen LogP contribution in [0.15, 0.2) is 12.2 Å². The standard InChI is InChI=1S/C10H19NO2/c1-4-7-10(12)13-9-6-8-11(3)5-2/h4,7H,5-6,8-9H2,1-3H3/b7-4+. The van der Waals surface area contributed by atoms with Crippen LogP contribution >= 0.6 is 0 Å². The van der Waals surface area contributed by atoms with E-state index in [4.69, 9.17) is 4.74 Å². The van der Waals surface area contributed by atoms with Crippen molar-refractivity contribution in [2.24, 2.45) is 0 Å². The third kappa shape index (κ3) is 7.53. The third-order valence-corrected chi connectivity index (χ3v) is 1.77. The summed E-state index contributed by atoms with van der Waals surface area (Å²) < 4.78 is 4.92. The maximum Gasteiger partial charge on any atom is 0.330 e. The van der Waals surface area contributed by atoms with Gasteiger partial charge in [0.25, 0.3) is 0 Å². The second-order valence-electron chi connectivity index (χ2n) is 2.92. The molecule has 0 aromatic heterocycles. The van der Waals surface area contributed by atoms with Crippen LogP contribution in [-0.2, 0) is 9.53 Å². The van der Waals surface area contributed by atoms with Crippen molar-refractivity contribution in [3.05, 3.63) is 12.2 Å². The van der Waals surface area contributed by atoms with Crippen LogP contribution in [0.25, 0.3) is 0 Å². The predicted molar refractivity (Wildman–Crippen MR) is 53.6 cm³/mol. The van der Waals surface area contributed by atoms with Gasteiger partial charge in [-0.1, -0.05) is 13.0 Å². The molecule has 0 aliphatic heterocycles. The van der Waals surface area contributed by atoms with Gasteiger partial charge in [-0.25, -0.2) is 4.79 Å². The van der Waals surface area contributed by atoms with Gasteiger partial charge in [0, 0.05) is 12.6 Å². The molecule has 0 rings (SSSR count). The van der Waals surface area contributed by atoms with Crippen LogP contribution in [0.5, 0.6) is 0 Å². The smallest absolute Gasteiger partial charge is 0.330 e. The van der Waals surface area contributed by atoms with E-state index in [9.17, 15) is 4.79 Å². The molecule has 0 unspecified atom stereocenters. The van der Waals surface area contributed by atoms with Gasteiger partial charge in [0.15, 0.2) is 0 Å². The summed E-state index contributed by atoms with van der Waals surface area (Å²) in [7, 11) is 2.05. The number of hydrogen-bond donors (Lipinski definition) is 0. The zero-order valence-corrected chi connectivity index (χ0v) is 8.75. The van der Waals surface area contributed by atoms with Gasteiger partial charge in [-0.05, 0) is 26.9 Å². The molecule has 0 aromatic carbocycles. The minimum absolute atomic E-state index is 0.248. The maximum absolute atomic E-state index is 10.8. The fourth-order valence-electron chi connectivity index (χ4n) is 0.850. The molecule has 3 heteroatoms. The van der Waals surface area contributed by atoms with Gasteiger partial charge in [0.05, 0.1) is 6.61 Å². The average Bonchev–Trinajstić information content (AvgIpc) is 2.12. The zero-order valence-electron chi connectivity index (χ0n) is 8.75. The molecule has 13 heavy (non-hydrogen) atoms. The molecule has 76 valence electrons. The highest BCUT2D eigenvalue weighted by molar-refractivity contribution is 5.81. The highest BCUT2D eigenvalue weighted by Crippen LogP contribution is 1.89. The summed E-state index contributed by atoms with van der Waals surface area (Å²) >= 11 is 0. The van der Waals surface area contributed by atoms with Crippen LogP contribution in [0.2, 0.25) is 0 Å². The predicted octanol–water partition coefficient (Wildman–Crippen LogP) is 1.45. The molecule has 0 aliphatic rings. The number of ether oxygens (including phenoxy) is 1. The minimum Gasteiger partial charge on any atom is -0.462 e. The summed E-state index contributed by atoms with van der Waals surface area (Å²) in [5, 5.41) is 0. The van der Waals surface area contributed by atoms with Crippen molar-refractivity contribution >= 4 is 5.97 Å². The molecule has 0 fully saturated rings. The van der Waals surface area contributed by atoms with Crippen molar-refractivity contribution < 1.29 is 9.53 Å². The molecule has 0 bridgehead atoms. The van der Waals surface area contributed by atoms with Gasteiger partial charge >= 0.3 is 5.97 Å². The summed E-state index contributed by atoms with van der Waals surface area (Å²) in [5.41, 5.74) is 0. The van der Waals surface area contributed by atoms with E-state index in [1.54, 1.807) is 13.0 Å². The average molecular weight is 185 g/mol.